The van der Waals surface area contributed by atoms with Crippen molar-refractivity contribution in [1.29, 1.82) is 0 Å². The highest BCUT2D eigenvalue weighted by atomic mass is 79.9. The second kappa shape index (κ2) is 7.08. The lowest BCUT2D eigenvalue weighted by atomic mass is 10.2. The Labute approximate surface area is 131 Å². The van der Waals surface area contributed by atoms with E-state index in [4.69, 9.17) is 9.47 Å². The highest BCUT2D eigenvalue weighted by molar-refractivity contribution is 9.10. The molecule has 0 fully saturated rings. The van der Waals surface area contributed by atoms with Crippen LogP contribution in [-0.4, -0.2) is 24.6 Å². The van der Waals surface area contributed by atoms with Crippen LogP contribution in [-0.2, 0) is 0 Å². The smallest absolute Gasteiger partial charge is 0.258 e. The molecule has 21 heavy (non-hydrogen) atoms. The number of pyridine rings is 1. The fraction of sp³-hybridized carbons (Fsp3) is 0.200. The molecular weight excluding hydrogens is 336 g/mol. The van der Waals surface area contributed by atoms with Gasteiger partial charge in [0.05, 0.1) is 19.3 Å². The molecule has 0 bridgehead atoms. The normalized spacial score (nSPS) is 10.0. The number of ether oxygens (including phenoxy) is 2. The average molecular weight is 351 g/mol. The molecule has 1 N–H and O–H groups in total. The minimum atomic E-state index is -0.248. The van der Waals surface area contributed by atoms with E-state index in [0.717, 1.165) is 0 Å². The number of methoxy groups -OCH3 is 1. The van der Waals surface area contributed by atoms with Crippen molar-refractivity contribution in [3.8, 4) is 11.5 Å². The number of amides is 1. The maximum atomic E-state index is 12.2. The third-order valence-electron chi connectivity index (χ3n) is 2.73. The van der Waals surface area contributed by atoms with Crippen LogP contribution in [0, 0.1) is 0 Å². The number of carbonyl (C=O) groups is 1. The van der Waals surface area contributed by atoms with Crippen LogP contribution >= 0.6 is 15.9 Å². The van der Waals surface area contributed by atoms with Gasteiger partial charge in [-0.1, -0.05) is 0 Å². The molecule has 1 aromatic carbocycles. The number of halogens is 1. The van der Waals surface area contributed by atoms with Gasteiger partial charge in [0.2, 0.25) is 0 Å². The van der Waals surface area contributed by atoms with Gasteiger partial charge < -0.3 is 14.8 Å². The average Bonchev–Trinajstić information content (AvgIpc) is 2.48. The minimum Gasteiger partial charge on any atom is -0.493 e. The summed E-state index contributed by atoms with van der Waals surface area (Å²) in [7, 11) is 1.57. The molecule has 6 heteroatoms. The summed E-state index contributed by atoms with van der Waals surface area (Å²) >= 11 is 3.26. The Kier molecular flexibility index (Phi) is 5.16. The number of nitrogens with one attached hydrogen (secondary N) is 1. The number of nitrogens with zero attached hydrogens (tertiary/aromatic N) is 1. The van der Waals surface area contributed by atoms with Crippen LogP contribution in [0.4, 0.5) is 5.69 Å². The van der Waals surface area contributed by atoms with Crippen molar-refractivity contribution in [2.75, 3.05) is 19.0 Å². The Hall–Kier alpha value is -2.08. The van der Waals surface area contributed by atoms with E-state index in [-0.39, 0.29) is 5.91 Å². The van der Waals surface area contributed by atoms with Crippen molar-refractivity contribution in [2.24, 2.45) is 0 Å². The van der Waals surface area contributed by atoms with Crippen LogP contribution in [0.15, 0.2) is 41.1 Å². The van der Waals surface area contributed by atoms with Crippen LogP contribution in [0.25, 0.3) is 0 Å². The summed E-state index contributed by atoms with van der Waals surface area (Å²) in [5, 5.41) is 2.80. The fourth-order valence-electron chi connectivity index (χ4n) is 1.78. The molecule has 5 nitrogen and oxygen atoms in total. The van der Waals surface area contributed by atoms with Crippen molar-refractivity contribution in [3.63, 3.8) is 0 Å². The largest absolute Gasteiger partial charge is 0.493 e. The Bertz CT molecular complexity index is 647. The topological polar surface area (TPSA) is 60.5 Å². The summed E-state index contributed by atoms with van der Waals surface area (Å²) in [4.78, 5) is 16.2. The lowest BCUT2D eigenvalue weighted by Crippen LogP contribution is -2.13. The summed E-state index contributed by atoms with van der Waals surface area (Å²) in [6.45, 7) is 2.40. The molecule has 2 rings (SSSR count). The summed E-state index contributed by atoms with van der Waals surface area (Å²) < 4.78 is 11.2. The molecule has 1 heterocycles. The predicted octanol–water partition coefficient (Wildman–Crippen LogP) is 3.50. The van der Waals surface area contributed by atoms with Crippen molar-refractivity contribution in [3.05, 3.63) is 46.7 Å². The first-order chi connectivity index (χ1) is 10.2. The third kappa shape index (κ3) is 3.72. The number of carbonyl (C=O) groups excluding carboxylic acids is 1. The van der Waals surface area contributed by atoms with Crippen LogP contribution < -0.4 is 14.8 Å². The summed E-state index contributed by atoms with van der Waals surface area (Å²) in [6, 6.07) is 8.63. The zero-order valence-electron chi connectivity index (χ0n) is 11.7. The van der Waals surface area contributed by atoms with E-state index in [2.05, 4.69) is 26.2 Å². The van der Waals surface area contributed by atoms with Gasteiger partial charge in [-0.2, -0.15) is 0 Å². The SMILES string of the molecule is CCOc1cc(NC(=O)c2cccnc2Br)ccc1OC. The van der Waals surface area contributed by atoms with Crippen molar-refractivity contribution in [1.82, 2.24) is 4.98 Å². The third-order valence-corrected chi connectivity index (χ3v) is 3.36. The maximum absolute atomic E-state index is 12.2. The quantitative estimate of drug-likeness (QED) is 0.838. The molecule has 0 aliphatic carbocycles. The van der Waals surface area contributed by atoms with E-state index < -0.39 is 0 Å². The van der Waals surface area contributed by atoms with Gasteiger partial charge in [-0.05, 0) is 47.1 Å². The van der Waals surface area contributed by atoms with Crippen LogP contribution in [0.5, 0.6) is 11.5 Å². The molecule has 0 saturated carbocycles. The molecule has 0 saturated heterocycles. The first-order valence-corrected chi connectivity index (χ1v) is 7.17. The highest BCUT2D eigenvalue weighted by Gasteiger charge is 2.12. The molecule has 0 radical (unpaired) electrons. The number of hydrogen-bond acceptors (Lipinski definition) is 4. The lowest BCUT2D eigenvalue weighted by molar-refractivity contribution is 0.102. The second-order valence-electron chi connectivity index (χ2n) is 4.09. The maximum Gasteiger partial charge on any atom is 0.258 e. The predicted molar refractivity (Wildman–Crippen MR) is 84.1 cm³/mol. The van der Waals surface area contributed by atoms with Gasteiger partial charge in [0.25, 0.3) is 5.91 Å². The van der Waals surface area contributed by atoms with Crippen LogP contribution in [0.3, 0.4) is 0 Å². The number of rotatable bonds is 5. The molecule has 0 aliphatic rings. The highest BCUT2D eigenvalue weighted by Crippen LogP contribution is 2.30. The monoisotopic (exact) mass is 350 g/mol. The minimum absolute atomic E-state index is 0.248. The lowest BCUT2D eigenvalue weighted by Gasteiger charge is -2.12. The molecule has 1 amide bonds. The van der Waals surface area contributed by atoms with Crippen molar-refractivity contribution in [2.45, 2.75) is 6.92 Å². The zero-order chi connectivity index (χ0) is 15.2. The van der Waals surface area contributed by atoms with E-state index in [1.54, 1.807) is 43.6 Å². The molecule has 0 aliphatic heterocycles. The van der Waals surface area contributed by atoms with E-state index in [0.29, 0.717) is 34.0 Å². The summed E-state index contributed by atoms with van der Waals surface area (Å²) in [5.41, 5.74) is 1.09. The van der Waals surface area contributed by atoms with E-state index >= 15 is 0 Å². The van der Waals surface area contributed by atoms with Gasteiger partial charge in [-0.3, -0.25) is 4.79 Å². The number of anilines is 1. The van der Waals surface area contributed by atoms with E-state index in [9.17, 15) is 4.79 Å². The fourth-order valence-corrected chi connectivity index (χ4v) is 2.21. The number of hydrogen-bond donors (Lipinski definition) is 1. The zero-order valence-corrected chi connectivity index (χ0v) is 13.3. The summed E-state index contributed by atoms with van der Waals surface area (Å²) in [6.07, 6.45) is 1.61. The van der Waals surface area contributed by atoms with Crippen molar-refractivity contribution < 1.29 is 14.3 Å². The number of benzene rings is 1. The van der Waals surface area contributed by atoms with Gasteiger partial charge >= 0.3 is 0 Å². The van der Waals surface area contributed by atoms with E-state index in [1.807, 2.05) is 6.92 Å². The Balaban J connectivity index is 2.21. The molecule has 0 atom stereocenters. The van der Waals surface area contributed by atoms with Crippen LogP contribution in [0.2, 0.25) is 0 Å². The molecule has 0 unspecified atom stereocenters. The van der Waals surface area contributed by atoms with Gasteiger partial charge in [0, 0.05) is 18.0 Å². The number of aromatic nitrogens is 1. The van der Waals surface area contributed by atoms with Crippen LogP contribution in [0.1, 0.15) is 17.3 Å². The standard InChI is InChI=1S/C15H15BrN2O3/c1-3-21-13-9-10(6-7-12(13)20-2)18-15(19)11-5-4-8-17-14(11)16/h4-9H,3H2,1-2H3,(H,18,19). The molecule has 0 spiro atoms. The molecule has 110 valence electrons. The first kappa shape index (κ1) is 15.3. The molecule has 2 aromatic rings. The molecular formula is C15H15BrN2O3. The second-order valence-corrected chi connectivity index (χ2v) is 4.85. The van der Waals surface area contributed by atoms with Gasteiger partial charge in [0.15, 0.2) is 11.5 Å². The van der Waals surface area contributed by atoms with Crippen molar-refractivity contribution >= 4 is 27.5 Å². The van der Waals surface area contributed by atoms with Gasteiger partial charge in [-0.25, -0.2) is 4.98 Å². The Morgan fingerprint density at radius 1 is 1.33 bits per heavy atom. The molecule has 1 aromatic heterocycles. The first-order valence-electron chi connectivity index (χ1n) is 6.38. The summed E-state index contributed by atoms with van der Waals surface area (Å²) in [5.74, 6) is 0.961. The van der Waals surface area contributed by atoms with E-state index in [1.165, 1.54) is 0 Å². The Morgan fingerprint density at radius 3 is 2.81 bits per heavy atom. The Morgan fingerprint density at radius 2 is 2.14 bits per heavy atom. The van der Waals surface area contributed by atoms with Gasteiger partial charge in [-0.15, -0.1) is 0 Å². The van der Waals surface area contributed by atoms with Gasteiger partial charge in [0.1, 0.15) is 4.60 Å².